The molecular weight excluding hydrogens is 170 g/mol. The van der Waals surface area contributed by atoms with Gasteiger partial charge >= 0.3 is 5.97 Å². The van der Waals surface area contributed by atoms with Crippen LogP contribution in [0.15, 0.2) is 0 Å². The highest BCUT2D eigenvalue weighted by Crippen LogP contribution is 2.40. The van der Waals surface area contributed by atoms with Crippen LogP contribution in [0.2, 0.25) is 0 Å². The number of hydrogen-bond donors (Lipinski definition) is 2. The molecule has 0 radical (unpaired) electrons. The predicted octanol–water partition coefficient (Wildman–Crippen LogP) is -0.133. The number of hydrogen-bond acceptors (Lipinski definition) is 4. The Kier molecular flexibility index (Phi) is 2.04. The van der Waals surface area contributed by atoms with Crippen LogP contribution in [0.1, 0.15) is 19.3 Å². The first-order valence-corrected chi connectivity index (χ1v) is 4.71. The van der Waals surface area contributed by atoms with E-state index >= 15 is 0 Å². The van der Waals surface area contributed by atoms with Crippen molar-refractivity contribution < 1.29 is 14.6 Å². The van der Waals surface area contributed by atoms with E-state index in [1.165, 1.54) is 7.11 Å². The van der Waals surface area contributed by atoms with E-state index in [2.05, 4.69) is 10.1 Å². The fraction of sp³-hybridized carbons (Fsp3) is 0.889. The number of nitrogens with one attached hydrogen (secondary N) is 1. The Morgan fingerprint density at radius 3 is 3.08 bits per heavy atom. The van der Waals surface area contributed by atoms with Crippen molar-refractivity contribution in [1.82, 2.24) is 5.32 Å². The van der Waals surface area contributed by atoms with Crippen molar-refractivity contribution >= 4 is 5.97 Å². The summed E-state index contributed by atoms with van der Waals surface area (Å²) < 4.78 is 4.67. The Hall–Kier alpha value is -0.610. The van der Waals surface area contributed by atoms with Crippen LogP contribution < -0.4 is 5.32 Å². The molecule has 1 saturated heterocycles. The molecule has 74 valence electrons. The SMILES string of the molecule is COC(=O)C1CCC2CNC1(O)C2. The summed E-state index contributed by atoms with van der Waals surface area (Å²) in [6.07, 6.45) is 2.43. The van der Waals surface area contributed by atoms with Crippen LogP contribution in [0.5, 0.6) is 0 Å². The lowest BCUT2D eigenvalue weighted by atomic mass is 9.79. The molecule has 0 spiro atoms. The van der Waals surface area contributed by atoms with E-state index in [0.717, 1.165) is 19.4 Å². The molecule has 4 heteroatoms. The van der Waals surface area contributed by atoms with Crippen molar-refractivity contribution in [3.05, 3.63) is 0 Å². The van der Waals surface area contributed by atoms with Crippen LogP contribution in [0.25, 0.3) is 0 Å². The summed E-state index contributed by atoms with van der Waals surface area (Å²) in [4.78, 5) is 11.3. The smallest absolute Gasteiger partial charge is 0.313 e. The quantitative estimate of drug-likeness (QED) is 0.559. The minimum atomic E-state index is -0.990. The molecule has 1 aliphatic heterocycles. The molecule has 1 heterocycles. The molecule has 0 aromatic heterocycles. The van der Waals surface area contributed by atoms with Crippen molar-refractivity contribution in [2.45, 2.75) is 25.0 Å². The van der Waals surface area contributed by atoms with Crippen molar-refractivity contribution in [3.63, 3.8) is 0 Å². The maximum absolute atomic E-state index is 11.3. The summed E-state index contributed by atoms with van der Waals surface area (Å²) in [5.41, 5.74) is -0.990. The highest BCUT2D eigenvalue weighted by Gasteiger charge is 2.50. The molecule has 4 nitrogen and oxygen atoms in total. The molecule has 1 aliphatic carbocycles. The average Bonchev–Trinajstić information content (AvgIpc) is 2.42. The second-order valence-corrected chi connectivity index (χ2v) is 4.03. The number of esters is 1. The molecule has 2 N–H and O–H groups in total. The van der Waals surface area contributed by atoms with Crippen LogP contribution >= 0.6 is 0 Å². The minimum Gasteiger partial charge on any atom is -0.469 e. The third kappa shape index (κ3) is 1.34. The Labute approximate surface area is 77.3 Å². The van der Waals surface area contributed by atoms with Gasteiger partial charge in [-0.25, -0.2) is 0 Å². The fourth-order valence-electron chi connectivity index (χ4n) is 2.47. The molecule has 0 aromatic rings. The lowest BCUT2D eigenvalue weighted by molar-refractivity contribution is -0.160. The second-order valence-electron chi connectivity index (χ2n) is 4.03. The first kappa shape index (κ1) is 8.97. The standard InChI is InChI=1S/C9H15NO3/c1-13-8(11)7-3-2-6-4-9(7,12)10-5-6/h6-7,10,12H,2-5H2,1H3. The van der Waals surface area contributed by atoms with Gasteiger partial charge in [0.2, 0.25) is 0 Å². The molecule has 2 bridgehead atoms. The monoisotopic (exact) mass is 185 g/mol. The van der Waals surface area contributed by atoms with E-state index in [1.54, 1.807) is 0 Å². The van der Waals surface area contributed by atoms with E-state index < -0.39 is 5.72 Å². The lowest BCUT2D eigenvalue weighted by Gasteiger charge is -2.34. The third-order valence-corrected chi connectivity index (χ3v) is 3.22. The minimum absolute atomic E-state index is 0.296. The highest BCUT2D eigenvalue weighted by atomic mass is 16.5. The van der Waals surface area contributed by atoms with E-state index in [0.29, 0.717) is 12.3 Å². The van der Waals surface area contributed by atoms with Gasteiger partial charge in [0.25, 0.3) is 0 Å². The Balaban J connectivity index is 2.15. The van der Waals surface area contributed by atoms with Crippen LogP contribution in [0.3, 0.4) is 0 Å². The van der Waals surface area contributed by atoms with Crippen LogP contribution in [-0.2, 0) is 9.53 Å². The van der Waals surface area contributed by atoms with Gasteiger partial charge in [0, 0.05) is 6.54 Å². The van der Waals surface area contributed by atoms with E-state index in [9.17, 15) is 9.90 Å². The van der Waals surface area contributed by atoms with Crippen molar-refractivity contribution in [1.29, 1.82) is 0 Å². The molecule has 0 aromatic carbocycles. The summed E-state index contributed by atoms with van der Waals surface area (Å²) in [6.45, 7) is 0.823. The average molecular weight is 185 g/mol. The summed E-state index contributed by atoms with van der Waals surface area (Å²) in [7, 11) is 1.37. The number of ether oxygens (including phenoxy) is 1. The molecule has 13 heavy (non-hydrogen) atoms. The molecule has 2 rings (SSSR count). The number of carbonyl (C=O) groups excluding carboxylic acids is 1. The summed E-state index contributed by atoms with van der Waals surface area (Å²) in [6, 6.07) is 0. The van der Waals surface area contributed by atoms with Crippen molar-refractivity contribution in [2.75, 3.05) is 13.7 Å². The van der Waals surface area contributed by atoms with Gasteiger partial charge < -0.3 is 9.84 Å². The van der Waals surface area contributed by atoms with Gasteiger partial charge in [0.15, 0.2) is 0 Å². The molecule has 0 amide bonds. The molecular formula is C9H15NO3. The van der Waals surface area contributed by atoms with Crippen LogP contribution in [0.4, 0.5) is 0 Å². The van der Waals surface area contributed by atoms with E-state index in [-0.39, 0.29) is 11.9 Å². The largest absolute Gasteiger partial charge is 0.469 e. The van der Waals surface area contributed by atoms with Gasteiger partial charge in [-0.2, -0.15) is 0 Å². The zero-order chi connectivity index (χ0) is 9.47. The fourth-order valence-corrected chi connectivity index (χ4v) is 2.47. The van der Waals surface area contributed by atoms with Crippen molar-refractivity contribution in [3.8, 4) is 0 Å². The van der Waals surface area contributed by atoms with Crippen molar-refractivity contribution in [2.24, 2.45) is 11.8 Å². The first-order chi connectivity index (χ1) is 6.15. The number of carbonyl (C=O) groups is 1. The topological polar surface area (TPSA) is 58.6 Å². The highest BCUT2D eigenvalue weighted by molar-refractivity contribution is 5.74. The van der Waals surface area contributed by atoms with Gasteiger partial charge in [-0.05, 0) is 25.2 Å². The van der Waals surface area contributed by atoms with Crippen LogP contribution in [-0.4, -0.2) is 30.5 Å². The zero-order valence-electron chi connectivity index (χ0n) is 7.75. The number of fused-ring (bicyclic) bond motifs is 2. The Morgan fingerprint density at radius 1 is 1.62 bits per heavy atom. The number of rotatable bonds is 1. The van der Waals surface area contributed by atoms with Crippen LogP contribution in [0, 0.1) is 11.8 Å². The lowest BCUT2D eigenvalue weighted by Crippen LogP contribution is -2.50. The van der Waals surface area contributed by atoms with Gasteiger partial charge in [-0.1, -0.05) is 0 Å². The maximum Gasteiger partial charge on any atom is 0.313 e. The first-order valence-electron chi connectivity index (χ1n) is 4.71. The third-order valence-electron chi connectivity index (χ3n) is 3.22. The summed E-state index contributed by atoms with van der Waals surface area (Å²) in [5, 5.41) is 13.1. The molecule has 1 saturated carbocycles. The maximum atomic E-state index is 11.3. The molecule has 2 aliphatic rings. The predicted molar refractivity (Wildman–Crippen MR) is 45.8 cm³/mol. The molecule has 3 atom stereocenters. The summed E-state index contributed by atoms with van der Waals surface area (Å²) >= 11 is 0. The number of aliphatic hydroxyl groups is 1. The van der Waals surface area contributed by atoms with E-state index in [4.69, 9.17) is 0 Å². The zero-order valence-corrected chi connectivity index (χ0v) is 7.75. The molecule has 2 fully saturated rings. The number of methoxy groups -OCH3 is 1. The Morgan fingerprint density at radius 2 is 2.38 bits per heavy atom. The van der Waals surface area contributed by atoms with Gasteiger partial charge in [-0.15, -0.1) is 0 Å². The molecule has 3 unspecified atom stereocenters. The van der Waals surface area contributed by atoms with Gasteiger partial charge in [0.1, 0.15) is 5.72 Å². The van der Waals surface area contributed by atoms with Gasteiger partial charge in [0.05, 0.1) is 13.0 Å². The van der Waals surface area contributed by atoms with E-state index in [1.807, 2.05) is 0 Å². The second kappa shape index (κ2) is 2.96. The Bertz CT molecular complexity index is 231. The normalized spacial score (nSPS) is 43.2. The summed E-state index contributed by atoms with van der Waals surface area (Å²) in [5.74, 6) is -0.141. The van der Waals surface area contributed by atoms with Gasteiger partial charge in [-0.3, -0.25) is 10.1 Å².